The first kappa shape index (κ1) is 10.9. The maximum Gasteiger partial charge on any atom is 0.101 e. The second-order valence-electron chi connectivity index (χ2n) is 4.73. The molecule has 1 saturated carbocycles. The van der Waals surface area contributed by atoms with Gasteiger partial charge in [0.25, 0.3) is 0 Å². The predicted molar refractivity (Wildman–Crippen MR) is 58.3 cm³/mol. The number of hydrogen-bond acceptors (Lipinski definition) is 3. The number of nitrogens with one attached hydrogen (secondary N) is 1. The van der Waals surface area contributed by atoms with Gasteiger partial charge in [-0.2, -0.15) is 5.26 Å². The minimum atomic E-state index is 0.00778. The van der Waals surface area contributed by atoms with E-state index in [1.165, 1.54) is 25.7 Å². The van der Waals surface area contributed by atoms with E-state index in [1.54, 1.807) is 0 Å². The van der Waals surface area contributed by atoms with Crippen LogP contribution in [0.25, 0.3) is 0 Å². The molecule has 1 saturated heterocycles. The van der Waals surface area contributed by atoms with Gasteiger partial charge in [0.1, 0.15) is 6.04 Å². The van der Waals surface area contributed by atoms with E-state index < -0.39 is 0 Å². The van der Waals surface area contributed by atoms with Crippen molar-refractivity contribution in [3.8, 4) is 6.07 Å². The van der Waals surface area contributed by atoms with Crippen LogP contribution < -0.4 is 5.32 Å². The molecule has 1 heterocycles. The van der Waals surface area contributed by atoms with Gasteiger partial charge in [0.05, 0.1) is 12.7 Å². The van der Waals surface area contributed by atoms with E-state index in [4.69, 9.17) is 4.74 Å². The van der Waals surface area contributed by atoms with Crippen molar-refractivity contribution in [1.29, 1.82) is 5.26 Å². The summed E-state index contributed by atoms with van der Waals surface area (Å²) in [4.78, 5) is 0. The molecule has 1 aliphatic heterocycles. The molecule has 0 aromatic rings. The topological polar surface area (TPSA) is 45.0 Å². The number of nitrogens with zero attached hydrogens (tertiary/aromatic N) is 1. The van der Waals surface area contributed by atoms with Crippen LogP contribution in [0.2, 0.25) is 0 Å². The molecule has 0 aromatic carbocycles. The lowest BCUT2D eigenvalue weighted by Crippen LogP contribution is -2.43. The van der Waals surface area contributed by atoms with Gasteiger partial charge in [-0.3, -0.25) is 5.32 Å². The van der Waals surface area contributed by atoms with Gasteiger partial charge in [0.15, 0.2) is 0 Å². The van der Waals surface area contributed by atoms with Gasteiger partial charge in [-0.25, -0.2) is 0 Å². The van der Waals surface area contributed by atoms with Crippen LogP contribution in [0.4, 0.5) is 0 Å². The summed E-state index contributed by atoms with van der Waals surface area (Å²) in [5.74, 6) is 0.407. The number of rotatable bonds is 3. The van der Waals surface area contributed by atoms with Crippen LogP contribution in [0.1, 0.15) is 38.5 Å². The van der Waals surface area contributed by atoms with Gasteiger partial charge in [0.2, 0.25) is 0 Å². The molecule has 2 aliphatic rings. The summed E-state index contributed by atoms with van der Waals surface area (Å²) in [7, 11) is 0. The van der Waals surface area contributed by atoms with Crippen molar-refractivity contribution in [1.82, 2.24) is 5.32 Å². The van der Waals surface area contributed by atoms with Gasteiger partial charge in [-0.15, -0.1) is 0 Å². The van der Waals surface area contributed by atoms with E-state index in [0.717, 1.165) is 26.1 Å². The van der Waals surface area contributed by atoms with Crippen LogP contribution >= 0.6 is 0 Å². The van der Waals surface area contributed by atoms with Gasteiger partial charge in [-0.1, -0.05) is 12.8 Å². The summed E-state index contributed by atoms with van der Waals surface area (Å²) in [6.07, 6.45) is 7.36. The summed E-state index contributed by atoms with van der Waals surface area (Å²) in [6.45, 7) is 1.63. The SMILES string of the molecule is N#CC(NC1CCCC1)C1CCCOC1. The Hall–Kier alpha value is -0.590. The molecule has 2 unspecified atom stereocenters. The standard InChI is InChI=1S/C12H20N2O/c13-8-12(10-4-3-7-15-9-10)14-11-5-1-2-6-11/h10-12,14H,1-7,9H2. The molecular formula is C12H20N2O. The van der Waals surface area contributed by atoms with Crippen molar-refractivity contribution < 1.29 is 4.74 Å². The first-order chi connectivity index (χ1) is 7.40. The average molecular weight is 208 g/mol. The molecule has 0 radical (unpaired) electrons. The quantitative estimate of drug-likeness (QED) is 0.769. The Morgan fingerprint density at radius 2 is 2.00 bits per heavy atom. The fourth-order valence-electron chi connectivity index (χ4n) is 2.65. The van der Waals surface area contributed by atoms with E-state index in [9.17, 15) is 5.26 Å². The Balaban J connectivity index is 1.82. The van der Waals surface area contributed by atoms with Gasteiger partial charge >= 0.3 is 0 Å². The van der Waals surface area contributed by atoms with Crippen LogP contribution in [-0.2, 0) is 4.74 Å². The van der Waals surface area contributed by atoms with Crippen molar-refractivity contribution in [2.75, 3.05) is 13.2 Å². The smallest absolute Gasteiger partial charge is 0.101 e. The normalized spacial score (nSPS) is 29.9. The lowest BCUT2D eigenvalue weighted by Gasteiger charge is -2.28. The van der Waals surface area contributed by atoms with E-state index in [1.807, 2.05) is 0 Å². The number of hydrogen-bond donors (Lipinski definition) is 1. The largest absolute Gasteiger partial charge is 0.381 e. The summed E-state index contributed by atoms with van der Waals surface area (Å²) in [5.41, 5.74) is 0. The zero-order valence-electron chi connectivity index (χ0n) is 9.24. The lowest BCUT2D eigenvalue weighted by atomic mass is 9.94. The van der Waals surface area contributed by atoms with Crippen LogP contribution in [0, 0.1) is 17.2 Å². The summed E-state index contributed by atoms with van der Waals surface area (Å²) < 4.78 is 5.44. The highest BCUT2D eigenvalue weighted by Crippen LogP contribution is 2.22. The molecule has 84 valence electrons. The van der Waals surface area contributed by atoms with Crippen LogP contribution in [0.3, 0.4) is 0 Å². The molecule has 15 heavy (non-hydrogen) atoms. The van der Waals surface area contributed by atoms with Gasteiger partial charge in [0, 0.05) is 18.6 Å². The molecule has 0 aromatic heterocycles. The summed E-state index contributed by atoms with van der Waals surface area (Å²) >= 11 is 0. The molecule has 2 atom stereocenters. The highest BCUT2D eigenvalue weighted by Gasteiger charge is 2.27. The molecule has 1 N–H and O–H groups in total. The molecule has 0 bridgehead atoms. The molecule has 3 heteroatoms. The summed E-state index contributed by atoms with van der Waals surface area (Å²) in [6, 6.07) is 3.00. The molecule has 2 fully saturated rings. The first-order valence-electron chi connectivity index (χ1n) is 6.13. The Morgan fingerprint density at radius 1 is 1.20 bits per heavy atom. The summed E-state index contributed by atoms with van der Waals surface area (Å²) in [5, 5.41) is 12.7. The zero-order valence-corrected chi connectivity index (χ0v) is 9.24. The third kappa shape index (κ3) is 2.93. The monoisotopic (exact) mass is 208 g/mol. The van der Waals surface area contributed by atoms with Gasteiger partial charge in [-0.05, 0) is 25.7 Å². The van der Waals surface area contributed by atoms with Crippen LogP contribution in [0.5, 0.6) is 0 Å². The van der Waals surface area contributed by atoms with E-state index >= 15 is 0 Å². The fraction of sp³-hybridized carbons (Fsp3) is 0.917. The predicted octanol–water partition coefficient (Wildman–Crippen LogP) is 1.84. The second kappa shape index (κ2) is 5.48. The minimum Gasteiger partial charge on any atom is -0.381 e. The Bertz CT molecular complexity index is 224. The molecule has 0 spiro atoms. The number of nitriles is 1. The Morgan fingerprint density at radius 3 is 2.60 bits per heavy atom. The van der Waals surface area contributed by atoms with Gasteiger partial charge < -0.3 is 4.74 Å². The minimum absolute atomic E-state index is 0.00778. The molecule has 3 nitrogen and oxygen atoms in total. The molecule has 2 rings (SSSR count). The molecular weight excluding hydrogens is 188 g/mol. The molecule has 0 amide bonds. The van der Waals surface area contributed by atoms with E-state index in [-0.39, 0.29) is 6.04 Å². The molecule has 1 aliphatic carbocycles. The third-order valence-corrected chi connectivity index (χ3v) is 3.58. The van der Waals surface area contributed by atoms with Crippen molar-refractivity contribution in [2.24, 2.45) is 5.92 Å². The highest BCUT2D eigenvalue weighted by atomic mass is 16.5. The number of ether oxygens (including phenoxy) is 1. The maximum atomic E-state index is 9.17. The van der Waals surface area contributed by atoms with E-state index in [2.05, 4.69) is 11.4 Å². The lowest BCUT2D eigenvalue weighted by molar-refractivity contribution is 0.0453. The fourth-order valence-corrected chi connectivity index (χ4v) is 2.65. The average Bonchev–Trinajstić information content (AvgIpc) is 2.80. The van der Waals surface area contributed by atoms with E-state index in [0.29, 0.717) is 12.0 Å². The van der Waals surface area contributed by atoms with Crippen LogP contribution in [-0.4, -0.2) is 25.3 Å². The Labute approximate surface area is 91.8 Å². The van der Waals surface area contributed by atoms with Crippen molar-refractivity contribution >= 4 is 0 Å². The van der Waals surface area contributed by atoms with Crippen LogP contribution in [0.15, 0.2) is 0 Å². The maximum absolute atomic E-state index is 9.17. The second-order valence-corrected chi connectivity index (χ2v) is 4.73. The van der Waals surface area contributed by atoms with Crippen molar-refractivity contribution in [2.45, 2.75) is 50.6 Å². The van der Waals surface area contributed by atoms with Crippen molar-refractivity contribution in [3.05, 3.63) is 0 Å². The third-order valence-electron chi connectivity index (χ3n) is 3.58. The first-order valence-corrected chi connectivity index (χ1v) is 6.13. The van der Waals surface area contributed by atoms with Crippen molar-refractivity contribution in [3.63, 3.8) is 0 Å². The zero-order chi connectivity index (χ0) is 10.5. The Kier molecular flexibility index (Phi) is 3.99. The highest BCUT2D eigenvalue weighted by molar-refractivity contribution is 4.97.